The molecule has 0 bridgehead atoms. The lowest BCUT2D eigenvalue weighted by Gasteiger charge is -2.04. The summed E-state index contributed by atoms with van der Waals surface area (Å²) in [7, 11) is 0. The molecule has 2 N–H and O–H groups in total. The zero-order chi connectivity index (χ0) is 13.4. The van der Waals surface area contributed by atoms with E-state index in [2.05, 4.69) is 15.3 Å². The first-order valence-corrected chi connectivity index (χ1v) is 5.88. The average molecular weight is 251 g/mol. The second kappa shape index (κ2) is 7.37. The van der Waals surface area contributed by atoms with Gasteiger partial charge in [0.05, 0.1) is 11.9 Å². The molecule has 1 aromatic rings. The third kappa shape index (κ3) is 5.38. The van der Waals surface area contributed by atoms with Crippen LogP contribution < -0.4 is 5.32 Å². The minimum absolute atomic E-state index is 0.178. The van der Waals surface area contributed by atoms with Gasteiger partial charge in [-0.1, -0.05) is 6.42 Å². The summed E-state index contributed by atoms with van der Waals surface area (Å²) in [5, 5.41) is 11.2. The predicted octanol–water partition coefficient (Wildman–Crippen LogP) is 1.16. The summed E-state index contributed by atoms with van der Waals surface area (Å²) >= 11 is 0. The number of hydrogen-bond acceptors (Lipinski definition) is 4. The minimum Gasteiger partial charge on any atom is -0.481 e. The van der Waals surface area contributed by atoms with Gasteiger partial charge in [0.2, 0.25) is 0 Å². The number of carbonyl (C=O) groups excluding carboxylic acids is 1. The van der Waals surface area contributed by atoms with Crippen LogP contribution in [0.15, 0.2) is 12.4 Å². The van der Waals surface area contributed by atoms with Gasteiger partial charge in [-0.05, 0) is 19.8 Å². The lowest BCUT2D eigenvalue weighted by atomic mass is 10.2. The Hall–Kier alpha value is -1.98. The number of rotatable bonds is 7. The number of aromatic nitrogens is 2. The van der Waals surface area contributed by atoms with E-state index in [-0.39, 0.29) is 12.3 Å². The number of carbonyl (C=O) groups is 2. The Labute approximate surface area is 105 Å². The molecule has 0 fully saturated rings. The van der Waals surface area contributed by atoms with E-state index in [4.69, 9.17) is 5.11 Å². The van der Waals surface area contributed by atoms with Crippen LogP contribution in [0.25, 0.3) is 0 Å². The van der Waals surface area contributed by atoms with Gasteiger partial charge in [-0.15, -0.1) is 0 Å². The highest BCUT2D eigenvalue weighted by Crippen LogP contribution is 1.99. The Morgan fingerprint density at radius 2 is 2.00 bits per heavy atom. The molecule has 0 saturated heterocycles. The molecule has 0 aliphatic rings. The molecule has 0 radical (unpaired) electrons. The molecule has 1 heterocycles. The van der Waals surface area contributed by atoms with E-state index in [0.717, 1.165) is 18.5 Å². The van der Waals surface area contributed by atoms with Gasteiger partial charge in [0.25, 0.3) is 5.91 Å². The zero-order valence-corrected chi connectivity index (χ0v) is 10.3. The van der Waals surface area contributed by atoms with E-state index >= 15 is 0 Å². The molecule has 6 heteroatoms. The molecular weight excluding hydrogens is 234 g/mol. The van der Waals surface area contributed by atoms with Crippen molar-refractivity contribution < 1.29 is 14.7 Å². The molecule has 6 nitrogen and oxygen atoms in total. The first-order valence-electron chi connectivity index (χ1n) is 5.88. The van der Waals surface area contributed by atoms with Crippen molar-refractivity contribution in [2.75, 3.05) is 6.54 Å². The smallest absolute Gasteiger partial charge is 0.303 e. The van der Waals surface area contributed by atoms with Crippen molar-refractivity contribution in [1.82, 2.24) is 15.3 Å². The standard InChI is InChI=1S/C12H17N3O3/c1-9-7-15-10(8-14-9)12(18)13-6-4-2-3-5-11(16)17/h7-8H,2-6H2,1H3,(H,13,18)(H,16,17). The molecule has 0 aliphatic heterocycles. The zero-order valence-electron chi connectivity index (χ0n) is 10.3. The van der Waals surface area contributed by atoms with Gasteiger partial charge < -0.3 is 10.4 Å². The number of carboxylic acid groups (broad SMARTS) is 1. The molecule has 0 aromatic carbocycles. The van der Waals surface area contributed by atoms with Gasteiger partial charge in [0, 0.05) is 19.2 Å². The molecule has 18 heavy (non-hydrogen) atoms. The largest absolute Gasteiger partial charge is 0.481 e. The van der Waals surface area contributed by atoms with Crippen molar-refractivity contribution in [3.05, 3.63) is 23.8 Å². The number of aryl methyl sites for hydroxylation is 1. The molecule has 0 saturated carbocycles. The van der Waals surface area contributed by atoms with Crippen LogP contribution in [0.1, 0.15) is 41.9 Å². The first-order chi connectivity index (χ1) is 8.59. The molecule has 0 spiro atoms. The minimum atomic E-state index is -0.783. The van der Waals surface area contributed by atoms with E-state index in [1.807, 2.05) is 0 Å². The van der Waals surface area contributed by atoms with Gasteiger partial charge >= 0.3 is 5.97 Å². The summed E-state index contributed by atoms with van der Waals surface area (Å²) in [5.41, 5.74) is 1.06. The lowest BCUT2D eigenvalue weighted by molar-refractivity contribution is -0.137. The number of nitrogens with one attached hydrogen (secondary N) is 1. The summed E-state index contributed by atoms with van der Waals surface area (Å²) in [6.45, 7) is 2.32. The van der Waals surface area contributed by atoms with Crippen molar-refractivity contribution in [2.45, 2.75) is 32.6 Å². The molecule has 0 unspecified atom stereocenters. The highest BCUT2D eigenvalue weighted by Gasteiger charge is 2.06. The van der Waals surface area contributed by atoms with Crippen LogP contribution in [0.3, 0.4) is 0 Å². The monoisotopic (exact) mass is 251 g/mol. The van der Waals surface area contributed by atoms with Crippen LogP contribution in [-0.2, 0) is 4.79 Å². The third-order valence-electron chi connectivity index (χ3n) is 2.37. The van der Waals surface area contributed by atoms with Crippen molar-refractivity contribution in [2.24, 2.45) is 0 Å². The maximum Gasteiger partial charge on any atom is 0.303 e. The van der Waals surface area contributed by atoms with E-state index in [1.165, 1.54) is 6.20 Å². The topological polar surface area (TPSA) is 92.2 Å². The van der Waals surface area contributed by atoms with Crippen LogP contribution >= 0.6 is 0 Å². The molecular formula is C12H17N3O3. The number of amides is 1. The summed E-state index contributed by atoms with van der Waals surface area (Å²) < 4.78 is 0. The second-order valence-electron chi connectivity index (χ2n) is 4.00. The Bertz CT molecular complexity index is 404. The van der Waals surface area contributed by atoms with Crippen LogP contribution in [0, 0.1) is 6.92 Å². The lowest BCUT2D eigenvalue weighted by Crippen LogP contribution is -2.25. The second-order valence-corrected chi connectivity index (χ2v) is 4.00. The summed E-state index contributed by atoms with van der Waals surface area (Å²) in [5.74, 6) is -1.03. The predicted molar refractivity (Wildman–Crippen MR) is 65.2 cm³/mol. The summed E-state index contributed by atoms with van der Waals surface area (Å²) in [6.07, 6.45) is 5.34. The Morgan fingerprint density at radius 3 is 2.61 bits per heavy atom. The van der Waals surface area contributed by atoms with Crippen molar-refractivity contribution >= 4 is 11.9 Å². The fourth-order valence-corrected chi connectivity index (χ4v) is 1.38. The molecule has 0 aliphatic carbocycles. The van der Waals surface area contributed by atoms with E-state index < -0.39 is 5.97 Å². The molecule has 1 rings (SSSR count). The van der Waals surface area contributed by atoms with Crippen LogP contribution in [-0.4, -0.2) is 33.5 Å². The van der Waals surface area contributed by atoms with Gasteiger partial charge in [-0.2, -0.15) is 0 Å². The van der Waals surface area contributed by atoms with Crippen molar-refractivity contribution in [3.8, 4) is 0 Å². The van der Waals surface area contributed by atoms with Gasteiger partial charge in [0.1, 0.15) is 5.69 Å². The number of aliphatic carboxylic acids is 1. The average Bonchev–Trinajstić information content (AvgIpc) is 2.34. The van der Waals surface area contributed by atoms with E-state index in [1.54, 1.807) is 13.1 Å². The van der Waals surface area contributed by atoms with Crippen LogP contribution in [0.5, 0.6) is 0 Å². The molecule has 1 aromatic heterocycles. The fourth-order valence-electron chi connectivity index (χ4n) is 1.38. The normalized spacial score (nSPS) is 10.1. The van der Waals surface area contributed by atoms with E-state index in [0.29, 0.717) is 18.7 Å². The Kier molecular flexibility index (Phi) is 5.76. The Balaban J connectivity index is 2.17. The van der Waals surface area contributed by atoms with Gasteiger partial charge in [0.15, 0.2) is 0 Å². The van der Waals surface area contributed by atoms with Crippen LogP contribution in [0.4, 0.5) is 0 Å². The quantitative estimate of drug-likeness (QED) is 0.709. The maximum absolute atomic E-state index is 11.6. The van der Waals surface area contributed by atoms with Crippen molar-refractivity contribution in [3.63, 3.8) is 0 Å². The van der Waals surface area contributed by atoms with Crippen LogP contribution in [0.2, 0.25) is 0 Å². The summed E-state index contributed by atoms with van der Waals surface area (Å²) in [4.78, 5) is 29.8. The highest BCUT2D eigenvalue weighted by molar-refractivity contribution is 5.91. The fraction of sp³-hybridized carbons (Fsp3) is 0.500. The number of unbranched alkanes of at least 4 members (excludes halogenated alkanes) is 2. The molecule has 98 valence electrons. The van der Waals surface area contributed by atoms with Gasteiger partial charge in [-0.25, -0.2) is 4.98 Å². The SMILES string of the molecule is Cc1cnc(C(=O)NCCCCCC(=O)O)cn1. The number of nitrogens with zero attached hydrogens (tertiary/aromatic N) is 2. The number of carboxylic acids is 1. The third-order valence-corrected chi connectivity index (χ3v) is 2.37. The molecule has 1 amide bonds. The van der Waals surface area contributed by atoms with Crippen molar-refractivity contribution in [1.29, 1.82) is 0 Å². The Morgan fingerprint density at radius 1 is 1.22 bits per heavy atom. The maximum atomic E-state index is 11.6. The summed E-state index contributed by atoms with van der Waals surface area (Å²) in [6, 6.07) is 0. The molecule has 0 atom stereocenters. The first kappa shape index (κ1) is 14.1. The number of hydrogen-bond donors (Lipinski definition) is 2. The van der Waals surface area contributed by atoms with E-state index in [9.17, 15) is 9.59 Å². The van der Waals surface area contributed by atoms with Gasteiger partial charge in [-0.3, -0.25) is 14.6 Å². The highest BCUT2D eigenvalue weighted by atomic mass is 16.4.